The molecule has 0 radical (unpaired) electrons. The van der Waals surface area contributed by atoms with Crippen molar-refractivity contribution in [2.24, 2.45) is 11.1 Å². The number of likely N-dealkylation sites (tertiary alicyclic amines) is 1. The molecule has 1 saturated heterocycles. The van der Waals surface area contributed by atoms with E-state index in [0.29, 0.717) is 11.5 Å². The first kappa shape index (κ1) is 17.7. The van der Waals surface area contributed by atoms with Crippen molar-refractivity contribution >= 4 is 20.6 Å². The molecular formula is C17H20BrF3N2O. The van der Waals surface area contributed by atoms with E-state index in [1.807, 2.05) is 6.92 Å². The van der Waals surface area contributed by atoms with Crippen molar-refractivity contribution < 1.29 is 18.0 Å². The monoisotopic (exact) mass is 404 g/mol. The minimum Gasteiger partial charge on any atom is -0.391 e. The van der Waals surface area contributed by atoms with E-state index in [4.69, 9.17) is 4.84 Å². The highest BCUT2D eigenvalue weighted by Crippen LogP contribution is 2.35. The van der Waals surface area contributed by atoms with E-state index in [0.717, 1.165) is 43.0 Å². The zero-order valence-corrected chi connectivity index (χ0v) is 15.0. The number of hydrogen-bond donors (Lipinski definition) is 0. The molecule has 0 amide bonds. The lowest BCUT2D eigenvalue weighted by Gasteiger charge is -2.38. The van der Waals surface area contributed by atoms with Gasteiger partial charge in [0.25, 0.3) is 0 Å². The fourth-order valence-corrected chi connectivity index (χ4v) is 3.90. The predicted octanol–water partition coefficient (Wildman–Crippen LogP) is 4.98. The van der Waals surface area contributed by atoms with Crippen LogP contribution in [0.3, 0.4) is 0 Å². The van der Waals surface area contributed by atoms with E-state index in [9.17, 15) is 13.2 Å². The number of benzene rings is 1. The van der Waals surface area contributed by atoms with Gasteiger partial charge in [0.15, 0.2) is 0 Å². The summed E-state index contributed by atoms with van der Waals surface area (Å²) < 4.78 is 39.6. The SMILES string of the molecule is CC(c1cccc(C(F)(F)F)c1)N1CCC[C@@H](C2CC(Br)=NO2)C1. The maximum absolute atomic E-state index is 12.9. The molecule has 0 aliphatic carbocycles. The van der Waals surface area contributed by atoms with Gasteiger partial charge in [-0.25, -0.2) is 0 Å². The van der Waals surface area contributed by atoms with Crippen molar-refractivity contribution in [1.29, 1.82) is 0 Å². The zero-order chi connectivity index (χ0) is 17.3. The quantitative estimate of drug-likeness (QED) is 0.709. The van der Waals surface area contributed by atoms with E-state index in [1.54, 1.807) is 6.07 Å². The number of alkyl halides is 3. The normalized spacial score (nSPS) is 26.8. The van der Waals surface area contributed by atoms with Crippen LogP contribution in [0, 0.1) is 5.92 Å². The summed E-state index contributed by atoms with van der Waals surface area (Å²) in [7, 11) is 0. The first-order chi connectivity index (χ1) is 11.3. The van der Waals surface area contributed by atoms with E-state index < -0.39 is 11.7 Å². The summed E-state index contributed by atoms with van der Waals surface area (Å²) in [5.74, 6) is 0.353. The Balaban J connectivity index is 1.69. The first-order valence-corrected chi connectivity index (χ1v) is 8.93. The topological polar surface area (TPSA) is 24.8 Å². The average molecular weight is 405 g/mol. The molecule has 132 valence electrons. The van der Waals surface area contributed by atoms with Crippen LogP contribution in [0.4, 0.5) is 13.2 Å². The van der Waals surface area contributed by atoms with Gasteiger partial charge in [-0.05, 0) is 59.9 Å². The van der Waals surface area contributed by atoms with Crippen LogP contribution in [0.15, 0.2) is 29.4 Å². The Hall–Kier alpha value is -1.08. The standard InChI is InChI=1S/C17H20BrF3N2O/c1-11(12-4-2-6-14(8-12)17(19,20)21)23-7-3-5-13(10-23)15-9-16(18)22-24-15/h2,4,6,8,11,13,15H,3,5,7,9-10H2,1H3/t11?,13-,15?/m1/s1. The third-order valence-electron chi connectivity index (χ3n) is 4.92. The predicted molar refractivity (Wildman–Crippen MR) is 90.0 cm³/mol. The maximum Gasteiger partial charge on any atom is 0.416 e. The summed E-state index contributed by atoms with van der Waals surface area (Å²) in [6.45, 7) is 3.68. The highest BCUT2D eigenvalue weighted by molar-refractivity contribution is 9.18. The Kier molecular flexibility index (Phi) is 5.20. The Morgan fingerprint density at radius 1 is 1.38 bits per heavy atom. The van der Waals surface area contributed by atoms with Gasteiger partial charge in [0.1, 0.15) is 10.7 Å². The minimum absolute atomic E-state index is 0.0548. The molecule has 0 saturated carbocycles. The molecule has 2 aliphatic heterocycles. The van der Waals surface area contributed by atoms with Crippen LogP contribution in [-0.4, -0.2) is 28.7 Å². The van der Waals surface area contributed by atoms with Gasteiger partial charge in [-0.1, -0.05) is 17.3 Å². The molecular weight excluding hydrogens is 385 g/mol. The van der Waals surface area contributed by atoms with Gasteiger partial charge >= 0.3 is 6.18 Å². The number of piperidine rings is 1. The van der Waals surface area contributed by atoms with Gasteiger partial charge in [0, 0.05) is 24.9 Å². The van der Waals surface area contributed by atoms with Gasteiger partial charge in [0.05, 0.1) is 5.56 Å². The molecule has 0 bridgehead atoms. The summed E-state index contributed by atoms with van der Waals surface area (Å²) in [5.41, 5.74) is 0.118. The molecule has 3 rings (SSSR count). The van der Waals surface area contributed by atoms with Gasteiger partial charge < -0.3 is 4.84 Å². The maximum atomic E-state index is 12.9. The molecule has 7 heteroatoms. The lowest BCUT2D eigenvalue weighted by molar-refractivity contribution is -0.137. The summed E-state index contributed by atoms with van der Waals surface area (Å²) in [6, 6.07) is 5.59. The van der Waals surface area contributed by atoms with E-state index in [1.165, 1.54) is 12.1 Å². The van der Waals surface area contributed by atoms with Crippen LogP contribution in [-0.2, 0) is 11.0 Å². The van der Waals surface area contributed by atoms with Crippen LogP contribution < -0.4 is 0 Å². The second kappa shape index (κ2) is 7.04. The third kappa shape index (κ3) is 3.94. The van der Waals surface area contributed by atoms with Crippen LogP contribution in [0.25, 0.3) is 0 Å². The highest BCUT2D eigenvalue weighted by atomic mass is 79.9. The Morgan fingerprint density at radius 3 is 2.83 bits per heavy atom. The zero-order valence-electron chi connectivity index (χ0n) is 13.4. The van der Waals surface area contributed by atoms with Crippen molar-refractivity contribution in [2.45, 2.75) is 44.5 Å². The van der Waals surface area contributed by atoms with Crippen molar-refractivity contribution in [2.75, 3.05) is 13.1 Å². The molecule has 2 unspecified atom stereocenters. The molecule has 1 aromatic rings. The van der Waals surface area contributed by atoms with Gasteiger partial charge in [-0.2, -0.15) is 13.2 Å². The smallest absolute Gasteiger partial charge is 0.391 e. The number of hydrogen-bond acceptors (Lipinski definition) is 3. The van der Waals surface area contributed by atoms with Crippen LogP contribution in [0.1, 0.15) is 43.4 Å². The molecule has 3 nitrogen and oxygen atoms in total. The molecule has 0 aromatic heterocycles. The van der Waals surface area contributed by atoms with Gasteiger partial charge in [0.2, 0.25) is 0 Å². The highest BCUT2D eigenvalue weighted by Gasteiger charge is 2.35. The molecule has 3 atom stereocenters. The van der Waals surface area contributed by atoms with Crippen molar-refractivity contribution in [1.82, 2.24) is 4.90 Å². The van der Waals surface area contributed by atoms with E-state index in [2.05, 4.69) is 26.0 Å². The summed E-state index contributed by atoms with van der Waals surface area (Å²) >= 11 is 3.36. The first-order valence-electron chi connectivity index (χ1n) is 8.14. The fourth-order valence-electron chi connectivity index (χ4n) is 3.50. The van der Waals surface area contributed by atoms with Crippen molar-refractivity contribution in [3.8, 4) is 0 Å². The Morgan fingerprint density at radius 2 is 2.17 bits per heavy atom. The summed E-state index contributed by atoms with van der Waals surface area (Å²) in [6.07, 6.45) is -1.38. The lowest BCUT2D eigenvalue weighted by atomic mass is 9.89. The lowest BCUT2D eigenvalue weighted by Crippen LogP contribution is -2.41. The number of halogens is 4. The van der Waals surface area contributed by atoms with E-state index in [-0.39, 0.29) is 12.1 Å². The number of oxime groups is 1. The number of nitrogens with zero attached hydrogens (tertiary/aromatic N) is 2. The molecule has 0 spiro atoms. The van der Waals surface area contributed by atoms with Crippen LogP contribution in [0.2, 0.25) is 0 Å². The largest absolute Gasteiger partial charge is 0.416 e. The third-order valence-corrected chi connectivity index (χ3v) is 5.38. The van der Waals surface area contributed by atoms with Crippen molar-refractivity contribution in [3.05, 3.63) is 35.4 Å². The van der Waals surface area contributed by atoms with E-state index >= 15 is 0 Å². The second-order valence-electron chi connectivity index (χ2n) is 6.51. The minimum atomic E-state index is -4.30. The molecule has 24 heavy (non-hydrogen) atoms. The Bertz CT molecular complexity index is 620. The molecule has 1 aromatic carbocycles. The molecule has 1 fully saturated rings. The average Bonchev–Trinajstić information content (AvgIpc) is 3.00. The number of rotatable bonds is 3. The Labute approximate surface area is 148 Å². The molecule has 0 N–H and O–H groups in total. The van der Waals surface area contributed by atoms with Crippen LogP contribution >= 0.6 is 15.9 Å². The summed E-state index contributed by atoms with van der Waals surface area (Å²) in [4.78, 5) is 7.72. The summed E-state index contributed by atoms with van der Waals surface area (Å²) in [5, 5.41) is 3.95. The van der Waals surface area contributed by atoms with Crippen molar-refractivity contribution in [3.63, 3.8) is 0 Å². The fraction of sp³-hybridized carbons (Fsp3) is 0.588. The molecule has 2 heterocycles. The van der Waals surface area contributed by atoms with Gasteiger partial charge in [-0.15, -0.1) is 0 Å². The van der Waals surface area contributed by atoms with Gasteiger partial charge in [-0.3, -0.25) is 4.90 Å². The second-order valence-corrected chi connectivity index (χ2v) is 7.43. The van der Waals surface area contributed by atoms with Crippen LogP contribution in [0.5, 0.6) is 0 Å². The molecule has 2 aliphatic rings.